The molecule has 5 aromatic rings. The summed E-state index contributed by atoms with van der Waals surface area (Å²) in [6.07, 6.45) is 2.44. The number of hydrogen-bond donors (Lipinski definition) is 4. The van der Waals surface area contributed by atoms with Gasteiger partial charge in [0, 0.05) is 22.4 Å². The third-order valence-electron chi connectivity index (χ3n) is 7.20. The van der Waals surface area contributed by atoms with Crippen molar-refractivity contribution in [3.63, 3.8) is 0 Å². The standard InChI is InChI=1S/C29H19N7O11S2.ClH.3Na/c30-23-20(49(45,46)47)12-18(21-22(23)25(38)16-4-2-1-3-15(16)24(21)37)31-14-5-6-19(48(42,43)44)17(11-14)32-27-33-28(35-29(41)34-27)36-9-7-13(8-10-36)26(39)40;;;;/h1-12H,(H7-,30,31,32,33,34,35,37,38,39,40,41,42,43,44,45,46,47);1H;;;/q;;3*+1/p-3. The number of hydrogen-bond acceptors (Lipinski definition) is 16. The normalized spacial score (nSPS) is 11.7. The second-order valence-electron chi connectivity index (χ2n) is 10.2. The monoisotopic (exact) mass is 807 g/mol. The van der Waals surface area contributed by atoms with Crippen LogP contribution >= 0.6 is 0 Å². The van der Waals surface area contributed by atoms with Crippen LogP contribution in [0.5, 0.6) is 0 Å². The fourth-order valence-corrected chi connectivity index (χ4v) is 6.31. The number of carboxylic acid groups (broad SMARTS) is 1. The Balaban J connectivity index is 0.00000243. The van der Waals surface area contributed by atoms with Crippen molar-refractivity contribution in [1.29, 1.82) is 0 Å². The number of ketones is 2. The van der Waals surface area contributed by atoms with E-state index in [9.17, 15) is 50.2 Å². The number of pyridine rings is 1. The van der Waals surface area contributed by atoms with E-state index in [4.69, 9.17) is 5.73 Å². The molecule has 1 aliphatic rings. The molecule has 256 valence electrons. The molecule has 0 radical (unpaired) electrons. The van der Waals surface area contributed by atoms with Crippen molar-refractivity contribution in [1.82, 2.24) is 15.0 Å². The summed E-state index contributed by atoms with van der Waals surface area (Å²) in [7, 11) is -10.5. The minimum absolute atomic E-state index is 0. The van der Waals surface area contributed by atoms with Gasteiger partial charge in [-0.05, 0) is 41.4 Å². The van der Waals surface area contributed by atoms with Crippen LogP contribution in [0.1, 0.15) is 42.2 Å². The Labute approximate surface area is 371 Å². The number of halogens is 1. The maximum atomic E-state index is 13.6. The number of nitrogens with zero attached hydrogens (tertiary/aromatic N) is 3. The van der Waals surface area contributed by atoms with E-state index in [2.05, 4.69) is 25.6 Å². The van der Waals surface area contributed by atoms with Crippen LogP contribution in [0.4, 0.5) is 28.7 Å². The van der Waals surface area contributed by atoms with E-state index < -0.39 is 76.1 Å². The van der Waals surface area contributed by atoms with Gasteiger partial charge in [0.2, 0.25) is 0 Å². The number of anilines is 5. The van der Waals surface area contributed by atoms with E-state index in [0.717, 1.165) is 36.4 Å². The minimum Gasteiger partial charge on any atom is -1.00 e. The van der Waals surface area contributed by atoms with Crippen LogP contribution in [0.15, 0.2) is 87.6 Å². The largest absolute Gasteiger partial charge is 1.00 e. The molecular formula is C29H17ClN7Na3O11S2. The second kappa shape index (κ2) is 17.6. The van der Waals surface area contributed by atoms with Gasteiger partial charge in [0.1, 0.15) is 20.2 Å². The topological polar surface area (TPSA) is 301 Å². The van der Waals surface area contributed by atoms with Crippen molar-refractivity contribution in [2.75, 3.05) is 16.4 Å². The number of carboxylic acids is 1. The van der Waals surface area contributed by atoms with Crippen LogP contribution in [0, 0.1) is 0 Å². The van der Waals surface area contributed by atoms with Crippen molar-refractivity contribution < 1.29 is 151 Å². The zero-order valence-electron chi connectivity index (χ0n) is 27.5. The predicted molar refractivity (Wildman–Crippen MR) is 162 cm³/mol. The molecule has 2 heterocycles. The molecule has 0 bridgehead atoms. The number of benzene rings is 3. The van der Waals surface area contributed by atoms with Gasteiger partial charge in [-0.25, -0.2) is 31.2 Å². The maximum absolute atomic E-state index is 13.6. The van der Waals surface area contributed by atoms with Crippen molar-refractivity contribution >= 4 is 66.5 Å². The van der Waals surface area contributed by atoms with E-state index in [1.54, 1.807) is 0 Å². The number of aromatic nitrogens is 4. The molecule has 0 atom stereocenters. The van der Waals surface area contributed by atoms with Crippen molar-refractivity contribution in [2.45, 2.75) is 9.79 Å². The third-order valence-corrected chi connectivity index (χ3v) is 8.97. The van der Waals surface area contributed by atoms with Gasteiger partial charge in [-0.1, -0.05) is 24.3 Å². The number of aromatic amines is 1. The van der Waals surface area contributed by atoms with Crippen molar-refractivity contribution in [2.24, 2.45) is 0 Å². The van der Waals surface area contributed by atoms with E-state index >= 15 is 0 Å². The van der Waals surface area contributed by atoms with Crippen molar-refractivity contribution in [3.05, 3.63) is 111 Å². The molecule has 0 unspecified atom stereocenters. The first kappa shape index (κ1) is 46.1. The van der Waals surface area contributed by atoms with Gasteiger partial charge in [-0.15, -0.1) is 4.98 Å². The molecule has 2 aromatic heterocycles. The summed E-state index contributed by atoms with van der Waals surface area (Å²) in [6, 6.07) is 11.6. The van der Waals surface area contributed by atoms with Crippen LogP contribution in [0.3, 0.4) is 0 Å². The number of fused-ring (bicyclic) bond motifs is 2. The van der Waals surface area contributed by atoms with Gasteiger partial charge in [-0.3, -0.25) is 9.59 Å². The van der Waals surface area contributed by atoms with Gasteiger partial charge >= 0.3 is 100 Å². The minimum atomic E-state index is -5.31. The zero-order valence-corrected chi connectivity index (χ0v) is 35.9. The summed E-state index contributed by atoms with van der Waals surface area (Å²) in [5.74, 6) is -3.69. The number of nitrogen functional groups attached to an aromatic ring is 1. The fraction of sp³-hybridized carbons (Fsp3) is 0. The number of carbonyl (C=O) groups excluding carboxylic acids is 3. The van der Waals surface area contributed by atoms with Crippen LogP contribution in [-0.2, 0) is 20.2 Å². The molecular weight excluding hydrogens is 791 g/mol. The smallest absolute Gasteiger partial charge is 1.00 e. The van der Waals surface area contributed by atoms with Gasteiger partial charge < -0.3 is 47.8 Å². The molecule has 0 aliphatic heterocycles. The molecule has 3 aromatic carbocycles. The van der Waals surface area contributed by atoms with E-state index in [1.807, 2.05) is 0 Å². The summed E-state index contributed by atoms with van der Waals surface area (Å²) < 4.78 is 74.1. The number of H-pyrrole nitrogens is 1. The first-order chi connectivity index (χ1) is 23.0. The Hall–Kier alpha value is -3.06. The van der Waals surface area contributed by atoms with E-state index in [1.165, 1.54) is 41.2 Å². The average molecular weight is 808 g/mol. The summed E-state index contributed by atoms with van der Waals surface area (Å²) in [6.45, 7) is 0. The molecule has 24 heteroatoms. The number of nitrogens with two attached hydrogens (primary N) is 1. The molecule has 18 nitrogen and oxygen atoms in total. The SMILES string of the molecule is Nc1c(S(=O)(=O)[O-])cc(Nc2ccc(S(=O)(=O)[O-])c(Nc3nc(=O)nc(-[n+]4ccc(C(=O)[O-])cc4)[nH]3)c2)c2c1C(=O)c1ccccc1C2=O.[Cl-].[Na+].[Na+].[Na+]. The molecule has 6 rings (SSSR count). The maximum Gasteiger partial charge on any atom is 1.00 e. The Bertz CT molecular complexity index is 2580. The average Bonchev–Trinajstić information content (AvgIpc) is 3.03. The van der Waals surface area contributed by atoms with Crippen LogP contribution in [0.25, 0.3) is 5.95 Å². The Morgan fingerprint density at radius 2 is 1.32 bits per heavy atom. The number of carbonyl (C=O) groups is 3. The molecule has 0 spiro atoms. The number of aromatic carboxylic acids is 1. The summed E-state index contributed by atoms with van der Waals surface area (Å²) in [5, 5.41) is 16.3. The first-order valence-electron chi connectivity index (χ1n) is 13.5. The fourth-order valence-electron chi connectivity index (χ4n) is 5.06. The van der Waals surface area contributed by atoms with Gasteiger partial charge in [0.15, 0.2) is 11.6 Å². The van der Waals surface area contributed by atoms with Crippen molar-refractivity contribution in [3.8, 4) is 5.95 Å². The number of nitrogens with one attached hydrogen (secondary N) is 3. The summed E-state index contributed by atoms with van der Waals surface area (Å²) in [5.41, 5.74) is 1.95. The summed E-state index contributed by atoms with van der Waals surface area (Å²) >= 11 is 0. The van der Waals surface area contributed by atoms with Crippen LogP contribution < -0.4 is 133 Å². The van der Waals surface area contributed by atoms with E-state index in [0.29, 0.717) is 0 Å². The molecule has 0 saturated carbocycles. The summed E-state index contributed by atoms with van der Waals surface area (Å²) in [4.78, 5) is 58.5. The first-order valence-corrected chi connectivity index (χ1v) is 16.3. The molecule has 53 heavy (non-hydrogen) atoms. The number of rotatable bonds is 8. The van der Waals surface area contributed by atoms with Crippen LogP contribution in [0.2, 0.25) is 0 Å². The van der Waals surface area contributed by atoms with E-state index in [-0.39, 0.29) is 141 Å². The van der Waals surface area contributed by atoms with Gasteiger partial charge in [0.05, 0.1) is 56.3 Å². The molecule has 0 saturated heterocycles. The second-order valence-corrected chi connectivity index (χ2v) is 12.9. The van der Waals surface area contributed by atoms with Gasteiger partial charge in [-0.2, -0.15) is 0 Å². The van der Waals surface area contributed by atoms with Gasteiger partial charge in [0.25, 0.3) is 5.95 Å². The Morgan fingerprint density at radius 1 is 0.755 bits per heavy atom. The molecule has 1 aliphatic carbocycles. The predicted octanol–water partition coefficient (Wildman–Crippen LogP) is -12.5. The molecule has 0 fully saturated rings. The Morgan fingerprint density at radius 3 is 1.87 bits per heavy atom. The molecule has 0 amide bonds. The molecule has 5 N–H and O–H groups in total. The van der Waals surface area contributed by atoms with Crippen LogP contribution in [-0.4, -0.2) is 58.4 Å². The third kappa shape index (κ3) is 9.43. The quantitative estimate of drug-likeness (QED) is 0.0480. The zero-order chi connectivity index (χ0) is 35.4. The Kier molecular flexibility index (Phi) is 15.3.